The fraction of sp³-hybridized carbons (Fsp3) is 0.625. The zero-order chi connectivity index (χ0) is 13.9. The quantitative estimate of drug-likeness (QED) is 0.899. The molecule has 1 aromatic rings. The van der Waals surface area contributed by atoms with Crippen molar-refractivity contribution in [3.05, 3.63) is 30.1 Å². The number of aliphatic hydroxyl groups excluding tert-OH is 1. The standard InChI is InChI=1S/C16H23FN2O/c17-15-3-1-2-4-16(15)19-11-9-18(10-12-19)13-5-7-14(20)8-6-13/h1-4,13-14,20H,5-12H2. The van der Waals surface area contributed by atoms with Crippen molar-refractivity contribution in [1.29, 1.82) is 0 Å². The van der Waals surface area contributed by atoms with E-state index in [0.29, 0.717) is 6.04 Å². The van der Waals surface area contributed by atoms with Gasteiger partial charge in [0.1, 0.15) is 5.82 Å². The Balaban J connectivity index is 1.56. The first-order chi connectivity index (χ1) is 9.74. The second-order valence-electron chi connectivity index (χ2n) is 5.94. The van der Waals surface area contributed by atoms with Crippen molar-refractivity contribution >= 4 is 5.69 Å². The third kappa shape index (κ3) is 2.96. The number of rotatable bonds is 2. The van der Waals surface area contributed by atoms with Gasteiger partial charge in [-0.3, -0.25) is 4.90 Å². The molecule has 4 heteroatoms. The first-order valence-corrected chi connectivity index (χ1v) is 7.65. The van der Waals surface area contributed by atoms with Crippen LogP contribution in [0.15, 0.2) is 24.3 Å². The molecule has 2 aliphatic rings. The first-order valence-electron chi connectivity index (χ1n) is 7.65. The van der Waals surface area contributed by atoms with Gasteiger partial charge in [0.25, 0.3) is 0 Å². The maximum atomic E-state index is 13.8. The highest BCUT2D eigenvalue weighted by atomic mass is 19.1. The van der Waals surface area contributed by atoms with Crippen molar-refractivity contribution in [1.82, 2.24) is 4.90 Å². The fourth-order valence-electron chi connectivity index (χ4n) is 3.46. The SMILES string of the molecule is OC1CCC(N2CCN(c3ccccc3F)CC2)CC1. The van der Waals surface area contributed by atoms with E-state index in [1.807, 2.05) is 12.1 Å². The molecule has 0 atom stereocenters. The molecule has 1 N–H and O–H groups in total. The second-order valence-corrected chi connectivity index (χ2v) is 5.94. The van der Waals surface area contributed by atoms with Crippen LogP contribution in [0.2, 0.25) is 0 Å². The van der Waals surface area contributed by atoms with Crippen LogP contribution in [0.5, 0.6) is 0 Å². The van der Waals surface area contributed by atoms with Gasteiger partial charge in [-0.1, -0.05) is 12.1 Å². The van der Waals surface area contributed by atoms with Gasteiger partial charge in [-0.2, -0.15) is 0 Å². The van der Waals surface area contributed by atoms with E-state index in [1.165, 1.54) is 6.07 Å². The maximum Gasteiger partial charge on any atom is 0.146 e. The molecule has 2 fully saturated rings. The highest BCUT2D eigenvalue weighted by molar-refractivity contribution is 5.48. The van der Waals surface area contributed by atoms with Gasteiger partial charge in [0, 0.05) is 32.2 Å². The van der Waals surface area contributed by atoms with Crippen LogP contribution >= 0.6 is 0 Å². The van der Waals surface area contributed by atoms with E-state index in [1.54, 1.807) is 6.07 Å². The largest absolute Gasteiger partial charge is 0.393 e. The molecule has 0 radical (unpaired) electrons. The van der Waals surface area contributed by atoms with E-state index in [9.17, 15) is 9.50 Å². The average Bonchev–Trinajstić information content (AvgIpc) is 2.49. The summed E-state index contributed by atoms with van der Waals surface area (Å²) in [5, 5.41) is 9.58. The summed E-state index contributed by atoms with van der Waals surface area (Å²) in [5.41, 5.74) is 0.728. The summed E-state index contributed by atoms with van der Waals surface area (Å²) in [6.07, 6.45) is 3.96. The van der Waals surface area contributed by atoms with Crippen LogP contribution in [0.4, 0.5) is 10.1 Å². The van der Waals surface area contributed by atoms with Gasteiger partial charge in [0.15, 0.2) is 0 Å². The molecule has 1 saturated carbocycles. The molecule has 0 spiro atoms. The van der Waals surface area contributed by atoms with Crippen LogP contribution in [0.3, 0.4) is 0 Å². The van der Waals surface area contributed by atoms with E-state index in [-0.39, 0.29) is 11.9 Å². The van der Waals surface area contributed by atoms with Gasteiger partial charge in [-0.05, 0) is 37.8 Å². The molecular formula is C16H23FN2O. The number of benzene rings is 1. The van der Waals surface area contributed by atoms with Crippen molar-refractivity contribution < 1.29 is 9.50 Å². The monoisotopic (exact) mass is 278 g/mol. The summed E-state index contributed by atoms with van der Waals surface area (Å²) in [4.78, 5) is 4.66. The van der Waals surface area contributed by atoms with E-state index >= 15 is 0 Å². The van der Waals surface area contributed by atoms with Gasteiger partial charge in [0.2, 0.25) is 0 Å². The lowest BCUT2D eigenvalue weighted by Gasteiger charge is -2.42. The van der Waals surface area contributed by atoms with Gasteiger partial charge in [0.05, 0.1) is 11.8 Å². The number of anilines is 1. The summed E-state index contributed by atoms with van der Waals surface area (Å²) in [6, 6.07) is 7.64. The predicted octanol–water partition coefficient (Wildman–Crippen LogP) is 2.25. The van der Waals surface area contributed by atoms with E-state index < -0.39 is 0 Å². The summed E-state index contributed by atoms with van der Waals surface area (Å²) < 4.78 is 13.8. The molecular weight excluding hydrogens is 255 g/mol. The van der Waals surface area contributed by atoms with E-state index in [0.717, 1.165) is 57.5 Å². The molecule has 20 heavy (non-hydrogen) atoms. The number of halogens is 1. The molecule has 3 nitrogen and oxygen atoms in total. The minimum absolute atomic E-state index is 0.0917. The Morgan fingerprint density at radius 1 is 0.950 bits per heavy atom. The average molecular weight is 278 g/mol. The lowest BCUT2D eigenvalue weighted by molar-refractivity contribution is 0.0711. The number of nitrogens with zero attached hydrogens (tertiary/aromatic N) is 2. The minimum atomic E-state index is -0.123. The minimum Gasteiger partial charge on any atom is -0.393 e. The molecule has 0 amide bonds. The molecule has 1 aliphatic heterocycles. The molecule has 1 saturated heterocycles. The molecule has 0 bridgehead atoms. The van der Waals surface area contributed by atoms with Gasteiger partial charge in [-0.15, -0.1) is 0 Å². The topological polar surface area (TPSA) is 26.7 Å². The van der Waals surface area contributed by atoms with Gasteiger partial charge in [-0.25, -0.2) is 4.39 Å². The van der Waals surface area contributed by atoms with E-state index in [4.69, 9.17) is 0 Å². The smallest absolute Gasteiger partial charge is 0.146 e. The Bertz CT molecular complexity index is 438. The van der Waals surface area contributed by atoms with Crippen molar-refractivity contribution in [2.75, 3.05) is 31.1 Å². The zero-order valence-corrected chi connectivity index (χ0v) is 11.8. The van der Waals surface area contributed by atoms with Crippen molar-refractivity contribution in [2.24, 2.45) is 0 Å². The molecule has 1 aromatic carbocycles. The maximum absolute atomic E-state index is 13.8. The van der Waals surface area contributed by atoms with E-state index in [2.05, 4.69) is 9.80 Å². The summed E-state index contributed by atoms with van der Waals surface area (Å²) in [7, 11) is 0. The molecule has 0 aromatic heterocycles. The van der Waals surface area contributed by atoms with Crippen LogP contribution in [-0.2, 0) is 0 Å². The summed E-state index contributed by atoms with van der Waals surface area (Å²) in [6.45, 7) is 3.77. The molecule has 110 valence electrons. The number of piperazine rings is 1. The molecule has 3 rings (SSSR count). The van der Waals surface area contributed by atoms with Crippen molar-refractivity contribution in [3.8, 4) is 0 Å². The van der Waals surface area contributed by atoms with Crippen molar-refractivity contribution in [3.63, 3.8) is 0 Å². The molecule has 1 aliphatic carbocycles. The van der Waals surface area contributed by atoms with Crippen LogP contribution in [0, 0.1) is 5.82 Å². The number of hydrogen-bond donors (Lipinski definition) is 1. The highest BCUT2D eigenvalue weighted by Crippen LogP contribution is 2.26. The normalized spacial score (nSPS) is 28.6. The van der Waals surface area contributed by atoms with Crippen LogP contribution in [0.1, 0.15) is 25.7 Å². The third-order valence-electron chi connectivity index (χ3n) is 4.69. The van der Waals surface area contributed by atoms with Crippen molar-refractivity contribution in [2.45, 2.75) is 37.8 Å². The molecule has 0 unspecified atom stereocenters. The predicted molar refractivity (Wildman–Crippen MR) is 78.4 cm³/mol. The number of hydrogen-bond acceptors (Lipinski definition) is 3. The molecule has 1 heterocycles. The summed E-state index contributed by atoms with van der Waals surface area (Å²) >= 11 is 0. The lowest BCUT2D eigenvalue weighted by atomic mass is 9.91. The second kappa shape index (κ2) is 6.10. The van der Waals surface area contributed by atoms with Gasteiger partial charge < -0.3 is 10.0 Å². The van der Waals surface area contributed by atoms with Crippen LogP contribution < -0.4 is 4.90 Å². The Kier molecular flexibility index (Phi) is 4.22. The lowest BCUT2D eigenvalue weighted by Crippen LogP contribution is -2.51. The Hall–Kier alpha value is -1.13. The Morgan fingerprint density at radius 3 is 2.25 bits per heavy atom. The Morgan fingerprint density at radius 2 is 1.60 bits per heavy atom. The van der Waals surface area contributed by atoms with Crippen LogP contribution in [0.25, 0.3) is 0 Å². The zero-order valence-electron chi connectivity index (χ0n) is 11.8. The van der Waals surface area contributed by atoms with Crippen LogP contribution in [-0.4, -0.2) is 48.3 Å². The highest BCUT2D eigenvalue weighted by Gasteiger charge is 2.28. The number of aliphatic hydroxyl groups is 1. The summed E-state index contributed by atoms with van der Waals surface area (Å²) in [5.74, 6) is -0.123. The third-order valence-corrected chi connectivity index (χ3v) is 4.69. The Labute approximate surface area is 120 Å². The van der Waals surface area contributed by atoms with Gasteiger partial charge >= 0.3 is 0 Å². The first kappa shape index (κ1) is 13.8. The number of para-hydroxylation sites is 1. The fourth-order valence-corrected chi connectivity index (χ4v) is 3.46.